The Kier molecular flexibility index (Phi) is 5.46. The third kappa shape index (κ3) is 4.39. The molecule has 2 aromatic rings. The largest absolute Gasteiger partial charge is 0.497 e. The number of hydrogen-bond acceptors (Lipinski definition) is 3. The highest BCUT2D eigenvalue weighted by atomic mass is 16.5. The van der Waals surface area contributed by atoms with E-state index in [0.717, 1.165) is 28.3 Å². The minimum atomic E-state index is -0.162. The van der Waals surface area contributed by atoms with Crippen molar-refractivity contribution in [2.24, 2.45) is 0 Å². The first-order valence-corrected chi connectivity index (χ1v) is 7.33. The third-order valence-corrected chi connectivity index (χ3v) is 3.57. The summed E-state index contributed by atoms with van der Waals surface area (Å²) in [6.07, 6.45) is 0. The summed E-state index contributed by atoms with van der Waals surface area (Å²) in [4.78, 5) is 13.9. The molecule has 2 rings (SSSR count). The number of hydrogen-bond donors (Lipinski definition) is 1. The van der Waals surface area contributed by atoms with E-state index in [1.807, 2.05) is 49.4 Å². The van der Waals surface area contributed by atoms with Gasteiger partial charge in [0.15, 0.2) is 0 Å². The van der Waals surface area contributed by atoms with Crippen LogP contribution >= 0.6 is 0 Å². The Bertz CT molecular complexity index is 668. The van der Waals surface area contributed by atoms with Gasteiger partial charge in [-0.3, -0.25) is 0 Å². The van der Waals surface area contributed by atoms with Crippen molar-refractivity contribution in [1.82, 2.24) is 4.90 Å². The van der Waals surface area contributed by atoms with Crippen molar-refractivity contribution >= 4 is 11.7 Å². The molecule has 0 heterocycles. The van der Waals surface area contributed by atoms with Gasteiger partial charge >= 0.3 is 6.03 Å². The predicted molar refractivity (Wildman–Crippen MR) is 91.2 cm³/mol. The van der Waals surface area contributed by atoms with Crippen LogP contribution in [0.2, 0.25) is 0 Å². The maximum absolute atomic E-state index is 12.3. The number of amides is 2. The zero-order valence-corrected chi connectivity index (χ0v) is 13.9. The lowest BCUT2D eigenvalue weighted by Crippen LogP contribution is -2.30. The standard InChI is InChI=1S/C18H22N2O3/c1-13-11-15(7-10-17(13)23-4)19-18(21)20(2)12-14-5-8-16(22-3)9-6-14/h5-11H,12H2,1-4H3,(H,19,21). The maximum atomic E-state index is 12.3. The molecule has 0 radical (unpaired) electrons. The Balaban J connectivity index is 1.97. The molecular formula is C18H22N2O3. The fourth-order valence-electron chi connectivity index (χ4n) is 2.25. The number of carbonyl (C=O) groups excluding carboxylic acids is 1. The van der Waals surface area contributed by atoms with Crippen molar-refractivity contribution in [2.45, 2.75) is 13.5 Å². The van der Waals surface area contributed by atoms with E-state index in [0.29, 0.717) is 6.54 Å². The molecule has 0 atom stereocenters. The first kappa shape index (κ1) is 16.7. The van der Waals surface area contributed by atoms with Crippen LogP contribution in [0.1, 0.15) is 11.1 Å². The number of rotatable bonds is 5. The summed E-state index contributed by atoms with van der Waals surface area (Å²) in [5.41, 5.74) is 2.76. The second-order valence-electron chi connectivity index (χ2n) is 5.32. The second-order valence-corrected chi connectivity index (χ2v) is 5.32. The van der Waals surface area contributed by atoms with Gasteiger partial charge in [-0.2, -0.15) is 0 Å². The Morgan fingerprint density at radius 3 is 2.35 bits per heavy atom. The van der Waals surface area contributed by atoms with Gasteiger partial charge in [0.1, 0.15) is 11.5 Å². The number of aryl methyl sites for hydroxylation is 1. The van der Waals surface area contributed by atoms with Crippen LogP contribution in [0, 0.1) is 6.92 Å². The molecule has 0 saturated heterocycles. The third-order valence-electron chi connectivity index (χ3n) is 3.57. The van der Waals surface area contributed by atoms with E-state index in [1.54, 1.807) is 26.2 Å². The molecule has 0 aliphatic rings. The molecule has 23 heavy (non-hydrogen) atoms. The minimum Gasteiger partial charge on any atom is -0.497 e. The number of urea groups is 1. The topological polar surface area (TPSA) is 50.8 Å². The molecule has 5 heteroatoms. The van der Waals surface area contributed by atoms with Gasteiger partial charge < -0.3 is 19.7 Å². The van der Waals surface area contributed by atoms with Gasteiger partial charge in [0.25, 0.3) is 0 Å². The Hall–Kier alpha value is -2.69. The number of benzene rings is 2. The van der Waals surface area contributed by atoms with Crippen LogP contribution in [0.15, 0.2) is 42.5 Å². The smallest absolute Gasteiger partial charge is 0.321 e. The number of nitrogens with one attached hydrogen (secondary N) is 1. The first-order chi connectivity index (χ1) is 11.0. The lowest BCUT2D eigenvalue weighted by molar-refractivity contribution is 0.220. The van der Waals surface area contributed by atoms with Crippen LogP contribution in [0.25, 0.3) is 0 Å². The van der Waals surface area contributed by atoms with E-state index >= 15 is 0 Å². The van der Waals surface area contributed by atoms with Gasteiger partial charge in [-0.05, 0) is 48.4 Å². The molecule has 0 saturated carbocycles. The van der Waals surface area contributed by atoms with E-state index in [9.17, 15) is 4.79 Å². The number of methoxy groups -OCH3 is 2. The summed E-state index contributed by atoms with van der Waals surface area (Å²) in [5.74, 6) is 1.60. The van der Waals surface area contributed by atoms with Crippen LogP contribution in [0.3, 0.4) is 0 Å². The van der Waals surface area contributed by atoms with Crippen molar-refractivity contribution in [3.05, 3.63) is 53.6 Å². The van der Waals surface area contributed by atoms with E-state index in [-0.39, 0.29) is 6.03 Å². The molecule has 0 aliphatic carbocycles. The van der Waals surface area contributed by atoms with Gasteiger partial charge in [0.05, 0.1) is 14.2 Å². The van der Waals surface area contributed by atoms with E-state index in [4.69, 9.17) is 9.47 Å². The van der Waals surface area contributed by atoms with Crippen molar-refractivity contribution in [2.75, 3.05) is 26.6 Å². The maximum Gasteiger partial charge on any atom is 0.321 e. The summed E-state index contributed by atoms with van der Waals surface area (Å²) in [6.45, 7) is 2.46. The highest BCUT2D eigenvalue weighted by molar-refractivity contribution is 5.89. The zero-order chi connectivity index (χ0) is 16.8. The zero-order valence-electron chi connectivity index (χ0n) is 13.9. The van der Waals surface area contributed by atoms with Crippen LogP contribution in [0.5, 0.6) is 11.5 Å². The van der Waals surface area contributed by atoms with Crippen LogP contribution in [0.4, 0.5) is 10.5 Å². The van der Waals surface area contributed by atoms with Gasteiger partial charge in [-0.25, -0.2) is 4.79 Å². The number of nitrogens with zero attached hydrogens (tertiary/aromatic N) is 1. The molecule has 0 unspecified atom stereocenters. The fraction of sp³-hybridized carbons (Fsp3) is 0.278. The van der Waals surface area contributed by atoms with Gasteiger partial charge in [-0.15, -0.1) is 0 Å². The normalized spacial score (nSPS) is 10.1. The summed E-state index contributed by atoms with van der Waals surface area (Å²) < 4.78 is 10.3. The lowest BCUT2D eigenvalue weighted by Gasteiger charge is -2.18. The molecule has 0 aliphatic heterocycles. The minimum absolute atomic E-state index is 0.162. The molecular weight excluding hydrogens is 292 g/mol. The number of anilines is 1. The highest BCUT2D eigenvalue weighted by Gasteiger charge is 2.10. The quantitative estimate of drug-likeness (QED) is 0.916. The molecule has 0 aromatic heterocycles. The van der Waals surface area contributed by atoms with E-state index in [1.165, 1.54) is 0 Å². The van der Waals surface area contributed by atoms with Crippen molar-refractivity contribution in [1.29, 1.82) is 0 Å². The molecule has 2 aromatic carbocycles. The van der Waals surface area contributed by atoms with E-state index < -0.39 is 0 Å². The van der Waals surface area contributed by atoms with Gasteiger partial charge in [0.2, 0.25) is 0 Å². The predicted octanol–water partition coefficient (Wildman–Crippen LogP) is 3.68. The van der Waals surface area contributed by atoms with Crippen LogP contribution in [-0.4, -0.2) is 32.2 Å². The first-order valence-electron chi connectivity index (χ1n) is 7.33. The lowest BCUT2D eigenvalue weighted by atomic mass is 10.2. The van der Waals surface area contributed by atoms with Crippen molar-refractivity contribution in [3.8, 4) is 11.5 Å². The van der Waals surface area contributed by atoms with Gasteiger partial charge in [-0.1, -0.05) is 12.1 Å². The van der Waals surface area contributed by atoms with Crippen molar-refractivity contribution < 1.29 is 14.3 Å². The summed E-state index contributed by atoms with van der Waals surface area (Å²) in [5, 5.41) is 2.88. The highest BCUT2D eigenvalue weighted by Crippen LogP contribution is 2.21. The molecule has 2 amide bonds. The summed E-state index contributed by atoms with van der Waals surface area (Å²) >= 11 is 0. The van der Waals surface area contributed by atoms with Crippen LogP contribution < -0.4 is 14.8 Å². The fourth-order valence-corrected chi connectivity index (χ4v) is 2.25. The summed E-state index contributed by atoms with van der Waals surface area (Å²) in [6, 6.07) is 13.0. The Labute approximate surface area is 136 Å². The number of ether oxygens (including phenoxy) is 2. The monoisotopic (exact) mass is 314 g/mol. The molecule has 5 nitrogen and oxygen atoms in total. The average molecular weight is 314 g/mol. The number of carbonyl (C=O) groups is 1. The molecule has 0 fully saturated rings. The van der Waals surface area contributed by atoms with Gasteiger partial charge in [0, 0.05) is 19.3 Å². The molecule has 122 valence electrons. The summed E-state index contributed by atoms with van der Waals surface area (Å²) in [7, 11) is 5.02. The Morgan fingerprint density at radius 1 is 1.09 bits per heavy atom. The SMILES string of the molecule is COc1ccc(CN(C)C(=O)Nc2ccc(OC)c(C)c2)cc1. The molecule has 1 N–H and O–H groups in total. The second kappa shape index (κ2) is 7.54. The average Bonchev–Trinajstić information content (AvgIpc) is 2.55. The molecule has 0 bridgehead atoms. The van der Waals surface area contributed by atoms with E-state index in [2.05, 4.69) is 5.32 Å². The Morgan fingerprint density at radius 2 is 1.78 bits per heavy atom. The van der Waals surface area contributed by atoms with Crippen LogP contribution in [-0.2, 0) is 6.54 Å². The molecule has 0 spiro atoms. The van der Waals surface area contributed by atoms with Crippen molar-refractivity contribution in [3.63, 3.8) is 0 Å².